The van der Waals surface area contributed by atoms with Crippen LogP contribution in [0, 0.1) is 25.7 Å². The number of carboxylic acid groups (broad SMARTS) is 1. The summed E-state index contributed by atoms with van der Waals surface area (Å²) in [5.41, 5.74) is 2.89. The highest BCUT2D eigenvalue weighted by molar-refractivity contribution is 5.98. The van der Waals surface area contributed by atoms with E-state index in [-0.39, 0.29) is 17.6 Å². The normalized spacial score (nSPS) is 23.1. The molecule has 102 valence electrons. The van der Waals surface area contributed by atoms with Crippen molar-refractivity contribution in [2.45, 2.75) is 39.5 Å². The minimum atomic E-state index is -0.766. The minimum absolute atomic E-state index is 0.109. The molecule has 1 saturated carbocycles. The van der Waals surface area contributed by atoms with Gasteiger partial charge < -0.3 is 5.11 Å². The van der Waals surface area contributed by atoms with Crippen molar-refractivity contribution in [2.24, 2.45) is 11.8 Å². The van der Waals surface area contributed by atoms with Gasteiger partial charge in [0.25, 0.3) is 0 Å². The summed E-state index contributed by atoms with van der Waals surface area (Å²) in [6.07, 6.45) is 2.83. The summed E-state index contributed by atoms with van der Waals surface area (Å²) < 4.78 is 0. The average Bonchev–Trinajstić information content (AvgIpc) is 2.37. The summed E-state index contributed by atoms with van der Waals surface area (Å²) in [7, 11) is 0. The number of rotatable bonds is 3. The second kappa shape index (κ2) is 5.55. The standard InChI is InChI=1S/C16H20O3/c1-10-6-11(2)8-14(7-10)15(17)12-4-3-5-13(9-12)16(18)19/h6-8,12-13H,3-5,9H2,1-2H3,(H,18,19)/t12-,13+/m1/s1. The van der Waals surface area contributed by atoms with Crippen LogP contribution < -0.4 is 0 Å². The van der Waals surface area contributed by atoms with Gasteiger partial charge >= 0.3 is 5.97 Å². The van der Waals surface area contributed by atoms with Crippen LogP contribution in [0.15, 0.2) is 18.2 Å². The van der Waals surface area contributed by atoms with Crippen molar-refractivity contribution in [3.8, 4) is 0 Å². The largest absolute Gasteiger partial charge is 0.481 e. The van der Waals surface area contributed by atoms with E-state index in [9.17, 15) is 9.59 Å². The van der Waals surface area contributed by atoms with E-state index in [1.54, 1.807) is 0 Å². The molecule has 2 rings (SSSR count). The Morgan fingerprint density at radius 3 is 2.21 bits per heavy atom. The van der Waals surface area contributed by atoms with Crippen LogP contribution in [-0.4, -0.2) is 16.9 Å². The van der Waals surface area contributed by atoms with Crippen molar-refractivity contribution in [2.75, 3.05) is 0 Å². The number of carbonyl (C=O) groups excluding carboxylic acids is 1. The molecular weight excluding hydrogens is 240 g/mol. The highest BCUT2D eigenvalue weighted by Crippen LogP contribution is 2.31. The van der Waals surface area contributed by atoms with Gasteiger partial charge in [-0.25, -0.2) is 0 Å². The van der Waals surface area contributed by atoms with Crippen LogP contribution in [0.5, 0.6) is 0 Å². The number of carboxylic acids is 1. The Morgan fingerprint density at radius 2 is 1.63 bits per heavy atom. The van der Waals surface area contributed by atoms with Crippen molar-refractivity contribution >= 4 is 11.8 Å². The molecular formula is C16H20O3. The predicted octanol–water partition coefficient (Wildman–Crippen LogP) is 3.38. The third kappa shape index (κ3) is 3.22. The Bertz CT molecular complexity index is 484. The number of hydrogen-bond donors (Lipinski definition) is 1. The fourth-order valence-corrected chi connectivity index (χ4v) is 3.00. The van der Waals surface area contributed by atoms with E-state index in [0.29, 0.717) is 12.8 Å². The molecule has 0 unspecified atom stereocenters. The Kier molecular flexibility index (Phi) is 4.03. The Hall–Kier alpha value is -1.64. The molecule has 0 aromatic heterocycles. The van der Waals surface area contributed by atoms with Gasteiger partial charge in [0.15, 0.2) is 5.78 Å². The molecule has 1 fully saturated rings. The molecule has 1 aromatic carbocycles. The van der Waals surface area contributed by atoms with E-state index >= 15 is 0 Å². The summed E-state index contributed by atoms with van der Waals surface area (Å²) >= 11 is 0. The van der Waals surface area contributed by atoms with Crippen molar-refractivity contribution < 1.29 is 14.7 Å². The number of ketones is 1. The summed E-state index contributed by atoms with van der Waals surface area (Å²) in [5, 5.41) is 9.09. The van der Waals surface area contributed by atoms with Gasteiger partial charge in [0.2, 0.25) is 0 Å². The Balaban J connectivity index is 2.16. The van der Waals surface area contributed by atoms with E-state index in [4.69, 9.17) is 5.11 Å². The molecule has 0 heterocycles. The number of carbonyl (C=O) groups is 2. The predicted molar refractivity (Wildman–Crippen MR) is 73.3 cm³/mol. The lowest BCUT2D eigenvalue weighted by Crippen LogP contribution is -2.27. The second-order valence-corrected chi connectivity index (χ2v) is 5.64. The van der Waals surface area contributed by atoms with Gasteiger partial charge in [-0.1, -0.05) is 23.6 Å². The summed E-state index contributed by atoms with van der Waals surface area (Å²) in [5.74, 6) is -1.14. The van der Waals surface area contributed by atoms with Crippen molar-refractivity contribution in [3.05, 3.63) is 34.9 Å². The molecule has 0 aliphatic heterocycles. The zero-order valence-corrected chi connectivity index (χ0v) is 11.5. The molecule has 0 radical (unpaired) electrons. The minimum Gasteiger partial charge on any atom is -0.481 e. The lowest BCUT2D eigenvalue weighted by atomic mass is 9.78. The first-order valence-corrected chi connectivity index (χ1v) is 6.82. The van der Waals surface area contributed by atoms with Crippen LogP contribution in [0.25, 0.3) is 0 Å². The Morgan fingerprint density at radius 1 is 1.05 bits per heavy atom. The molecule has 0 amide bonds. The quantitative estimate of drug-likeness (QED) is 0.848. The van der Waals surface area contributed by atoms with Crippen LogP contribution in [-0.2, 0) is 4.79 Å². The number of Topliss-reactive ketones (excluding diaryl/α,β-unsaturated/α-hetero) is 1. The molecule has 0 saturated heterocycles. The number of hydrogen-bond acceptors (Lipinski definition) is 2. The SMILES string of the molecule is Cc1cc(C)cc(C(=O)[C@@H]2CCC[C@H](C(=O)O)C2)c1. The van der Waals surface area contributed by atoms with E-state index < -0.39 is 5.97 Å². The number of aryl methyl sites for hydroxylation is 2. The topological polar surface area (TPSA) is 54.4 Å². The first kappa shape index (κ1) is 13.8. The lowest BCUT2D eigenvalue weighted by molar-refractivity contribution is -0.143. The molecule has 0 bridgehead atoms. The van der Waals surface area contributed by atoms with Crippen molar-refractivity contribution in [1.29, 1.82) is 0 Å². The van der Waals surface area contributed by atoms with Gasteiger partial charge in [-0.15, -0.1) is 0 Å². The zero-order valence-electron chi connectivity index (χ0n) is 11.5. The molecule has 1 aliphatic rings. The zero-order chi connectivity index (χ0) is 14.0. The molecule has 0 spiro atoms. The molecule has 1 aliphatic carbocycles. The summed E-state index contributed by atoms with van der Waals surface area (Å²) in [4.78, 5) is 23.5. The fourth-order valence-electron chi connectivity index (χ4n) is 3.00. The van der Waals surface area contributed by atoms with Crippen LogP contribution in [0.2, 0.25) is 0 Å². The molecule has 1 N–H and O–H groups in total. The Labute approximate surface area is 113 Å². The van der Waals surface area contributed by atoms with E-state index in [1.165, 1.54) is 0 Å². The highest BCUT2D eigenvalue weighted by atomic mass is 16.4. The third-order valence-corrected chi connectivity index (χ3v) is 3.90. The van der Waals surface area contributed by atoms with Gasteiger partial charge in [0, 0.05) is 11.5 Å². The smallest absolute Gasteiger partial charge is 0.306 e. The van der Waals surface area contributed by atoms with Gasteiger partial charge in [0.1, 0.15) is 0 Å². The van der Waals surface area contributed by atoms with Crippen LogP contribution >= 0.6 is 0 Å². The summed E-state index contributed by atoms with van der Waals surface area (Å²) in [6, 6.07) is 5.84. The monoisotopic (exact) mass is 260 g/mol. The summed E-state index contributed by atoms with van der Waals surface area (Å²) in [6.45, 7) is 3.95. The van der Waals surface area contributed by atoms with Gasteiger partial charge in [-0.05, 0) is 45.2 Å². The molecule has 2 atom stereocenters. The second-order valence-electron chi connectivity index (χ2n) is 5.64. The molecule has 1 aromatic rings. The number of aliphatic carboxylic acids is 1. The number of benzene rings is 1. The van der Waals surface area contributed by atoms with Gasteiger partial charge in [0.05, 0.1) is 5.92 Å². The van der Waals surface area contributed by atoms with Crippen molar-refractivity contribution in [1.82, 2.24) is 0 Å². The van der Waals surface area contributed by atoms with Crippen LogP contribution in [0.1, 0.15) is 47.2 Å². The van der Waals surface area contributed by atoms with E-state index in [1.807, 2.05) is 32.0 Å². The first-order chi connectivity index (χ1) is 8.97. The maximum atomic E-state index is 12.5. The molecule has 3 heteroatoms. The van der Waals surface area contributed by atoms with E-state index in [2.05, 4.69) is 0 Å². The van der Waals surface area contributed by atoms with Crippen LogP contribution in [0.3, 0.4) is 0 Å². The fraction of sp³-hybridized carbons (Fsp3) is 0.500. The third-order valence-electron chi connectivity index (χ3n) is 3.90. The lowest BCUT2D eigenvalue weighted by Gasteiger charge is -2.25. The van der Waals surface area contributed by atoms with E-state index in [0.717, 1.165) is 29.5 Å². The average molecular weight is 260 g/mol. The first-order valence-electron chi connectivity index (χ1n) is 6.82. The molecule has 3 nitrogen and oxygen atoms in total. The maximum Gasteiger partial charge on any atom is 0.306 e. The van der Waals surface area contributed by atoms with Crippen LogP contribution in [0.4, 0.5) is 0 Å². The van der Waals surface area contributed by atoms with Gasteiger partial charge in [-0.3, -0.25) is 9.59 Å². The maximum absolute atomic E-state index is 12.5. The van der Waals surface area contributed by atoms with Crippen molar-refractivity contribution in [3.63, 3.8) is 0 Å². The van der Waals surface area contributed by atoms with Gasteiger partial charge in [-0.2, -0.15) is 0 Å². The molecule has 19 heavy (non-hydrogen) atoms. The highest BCUT2D eigenvalue weighted by Gasteiger charge is 2.31.